The van der Waals surface area contributed by atoms with Gasteiger partial charge < -0.3 is 10.2 Å². The lowest BCUT2D eigenvalue weighted by molar-refractivity contribution is -0.140. The van der Waals surface area contributed by atoms with Crippen LogP contribution >= 0.6 is 0 Å². The van der Waals surface area contributed by atoms with Gasteiger partial charge in [0.05, 0.1) is 0 Å². The minimum absolute atomic E-state index is 0.115. The molecule has 160 valence electrons. The summed E-state index contributed by atoms with van der Waals surface area (Å²) in [7, 11) is 0. The Morgan fingerprint density at radius 1 is 0.839 bits per heavy atom. The zero-order valence-corrected chi connectivity index (χ0v) is 17.6. The molecule has 1 atom stereocenters. The number of nitrogens with one attached hydrogen (secondary N) is 1. The normalized spacial score (nSPS) is 11.5. The summed E-state index contributed by atoms with van der Waals surface area (Å²) in [5, 5.41) is 2.91. The smallest absolute Gasteiger partial charge is 0.242 e. The second-order valence-electron chi connectivity index (χ2n) is 7.51. The standard InChI is InChI=1S/C26H27FN2O2/c1-20(26(31)28-18-22-10-6-3-7-11-22)29(19-23-12-15-24(27)16-13-23)25(30)17-14-21-8-4-2-5-9-21/h2-13,15-16,20H,14,17-19H2,1H3,(H,28,31)/t20-/m1/s1. The molecule has 3 aromatic carbocycles. The van der Waals surface area contributed by atoms with Crippen molar-refractivity contribution >= 4 is 11.8 Å². The van der Waals surface area contributed by atoms with Crippen molar-refractivity contribution in [1.29, 1.82) is 0 Å². The highest BCUT2D eigenvalue weighted by Crippen LogP contribution is 2.14. The molecule has 0 aromatic heterocycles. The first kappa shape index (κ1) is 22.2. The van der Waals surface area contributed by atoms with E-state index in [1.807, 2.05) is 60.7 Å². The SMILES string of the molecule is C[C@H](C(=O)NCc1ccccc1)N(Cc1ccc(F)cc1)C(=O)CCc1ccccc1. The highest BCUT2D eigenvalue weighted by atomic mass is 19.1. The maximum atomic E-state index is 13.3. The number of aryl methyl sites for hydroxylation is 1. The highest BCUT2D eigenvalue weighted by molar-refractivity contribution is 5.87. The summed E-state index contributed by atoms with van der Waals surface area (Å²) < 4.78 is 13.3. The number of carbonyl (C=O) groups excluding carboxylic acids is 2. The summed E-state index contributed by atoms with van der Waals surface area (Å²) in [5.41, 5.74) is 2.83. The molecule has 3 rings (SSSR count). The van der Waals surface area contributed by atoms with E-state index < -0.39 is 6.04 Å². The van der Waals surface area contributed by atoms with Crippen LogP contribution in [0.1, 0.15) is 30.0 Å². The van der Waals surface area contributed by atoms with Crippen molar-refractivity contribution < 1.29 is 14.0 Å². The van der Waals surface area contributed by atoms with E-state index >= 15 is 0 Å². The minimum atomic E-state index is -0.656. The average molecular weight is 419 g/mol. The van der Waals surface area contributed by atoms with Crippen LogP contribution in [-0.4, -0.2) is 22.8 Å². The zero-order chi connectivity index (χ0) is 22.1. The van der Waals surface area contributed by atoms with Crippen molar-refractivity contribution in [2.75, 3.05) is 0 Å². The first-order valence-corrected chi connectivity index (χ1v) is 10.4. The average Bonchev–Trinajstić information content (AvgIpc) is 2.81. The van der Waals surface area contributed by atoms with Gasteiger partial charge >= 0.3 is 0 Å². The number of halogens is 1. The molecular formula is C26H27FN2O2. The third-order valence-electron chi connectivity index (χ3n) is 5.21. The summed E-state index contributed by atoms with van der Waals surface area (Å²) in [4.78, 5) is 27.5. The molecule has 31 heavy (non-hydrogen) atoms. The summed E-state index contributed by atoms with van der Waals surface area (Å²) in [6.07, 6.45) is 0.888. The van der Waals surface area contributed by atoms with Crippen molar-refractivity contribution in [3.63, 3.8) is 0 Å². The fourth-order valence-corrected chi connectivity index (χ4v) is 3.34. The molecule has 0 bridgehead atoms. The van der Waals surface area contributed by atoms with E-state index in [1.165, 1.54) is 12.1 Å². The second-order valence-corrected chi connectivity index (χ2v) is 7.51. The molecule has 0 unspecified atom stereocenters. The third kappa shape index (κ3) is 6.78. The molecule has 2 amide bonds. The molecular weight excluding hydrogens is 391 g/mol. The molecule has 0 radical (unpaired) electrons. The van der Waals surface area contributed by atoms with Crippen LogP contribution in [0.3, 0.4) is 0 Å². The Hall–Kier alpha value is -3.47. The molecule has 0 saturated carbocycles. The number of rotatable bonds is 9. The van der Waals surface area contributed by atoms with Gasteiger partial charge in [-0.2, -0.15) is 0 Å². The van der Waals surface area contributed by atoms with Gasteiger partial charge in [-0.1, -0.05) is 72.8 Å². The molecule has 0 aliphatic carbocycles. The number of nitrogens with zero attached hydrogens (tertiary/aromatic N) is 1. The Bertz CT molecular complexity index is 975. The van der Waals surface area contributed by atoms with Crippen LogP contribution in [-0.2, 0) is 29.1 Å². The van der Waals surface area contributed by atoms with Crippen molar-refractivity contribution in [2.24, 2.45) is 0 Å². The minimum Gasteiger partial charge on any atom is -0.350 e. The van der Waals surface area contributed by atoms with Crippen LogP contribution in [0.25, 0.3) is 0 Å². The Balaban J connectivity index is 1.69. The number of carbonyl (C=O) groups is 2. The lowest BCUT2D eigenvalue weighted by Gasteiger charge is -2.29. The maximum absolute atomic E-state index is 13.3. The van der Waals surface area contributed by atoms with Gasteiger partial charge in [-0.05, 0) is 42.2 Å². The molecule has 4 nitrogen and oxygen atoms in total. The number of hydrogen-bond acceptors (Lipinski definition) is 2. The lowest BCUT2D eigenvalue weighted by Crippen LogP contribution is -2.47. The van der Waals surface area contributed by atoms with E-state index in [2.05, 4.69) is 5.32 Å². The zero-order valence-electron chi connectivity index (χ0n) is 17.6. The Kier molecular flexibility index (Phi) is 7.93. The highest BCUT2D eigenvalue weighted by Gasteiger charge is 2.25. The van der Waals surface area contributed by atoms with Gasteiger partial charge in [0.15, 0.2) is 0 Å². The van der Waals surface area contributed by atoms with Gasteiger partial charge in [0.2, 0.25) is 11.8 Å². The van der Waals surface area contributed by atoms with Gasteiger partial charge in [0, 0.05) is 19.5 Å². The van der Waals surface area contributed by atoms with Crippen molar-refractivity contribution in [1.82, 2.24) is 10.2 Å². The van der Waals surface area contributed by atoms with E-state index in [9.17, 15) is 14.0 Å². The van der Waals surface area contributed by atoms with Gasteiger partial charge in [-0.3, -0.25) is 9.59 Å². The molecule has 5 heteroatoms. The fourth-order valence-electron chi connectivity index (χ4n) is 3.34. The lowest BCUT2D eigenvalue weighted by atomic mass is 10.1. The molecule has 0 spiro atoms. The first-order chi connectivity index (χ1) is 15.0. The number of benzene rings is 3. The van der Waals surface area contributed by atoms with Crippen molar-refractivity contribution in [3.05, 3.63) is 107 Å². The number of amides is 2. The van der Waals surface area contributed by atoms with Crippen molar-refractivity contribution in [3.8, 4) is 0 Å². The maximum Gasteiger partial charge on any atom is 0.242 e. The van der Waals surface area contributed by atoms with Crippen molar-refractivity contribution in [2.45, 2.75) is 38.9 Å². The third-order valence-corrected chi connectivity index (χ3v) is 5.21. The van der Waals surface area contributed by atoms with Gasteiger partial charge in [0.1, 0.15) is 11.9 Å². The van der Waals surface area contributed by atoms with E-state index in [-0.39, 0.29) is 24.2 Å². The molecule has 1 N–H and O–H groups in total. The van der Waals surface area contributed by atoms with E-state index in [4.69, 9.17) is 0 Å². The summed E-state index contributed by atoms with van der Waals surface area (Å²) >= 11 is 0. The van der Waals surface area contributed by atoms with Crippen LogP contribution in [0.2, 0.25) is 0 Å². The van der Waals surface area contributed by atoms with E-state index in [1.54, 1.807) is 24.0 Å². The quantitative estimate of drug-likeness (QED) is 0.557. The largest absolute Gasteiger partial charge is 0.350 e. The van der Waals surface area contributed by atoms with Gasteiger partial charge in [0.25, 0.3) is 0 Å². The Labute approximate surface area is 182 Å². The summed E-state index contributed by atoms with van der Waals surface area (Å²) in [6.45, 7) is 2.37. The topological polar surface area (TPSA) is 49.4 Å². The van der Waals surface area contributed by atoms with E-state index in [0.717, 1.165) is 16.7 Å². The number of hydrogen-bond donors (Lipinski definition) is 1. The van der Waals surface area contributed by atoms with Gasteiger partial charge in [-0.25, -0.2) is 4.39 Å². The Morgan fingerprint density at radius 3 is 2.03 bits per heavy atom. The molecule has 0 fully saturated rings. The predicted octanol–water partition coefficient (Wildman–Crippen LogP) is 4.49. The van der Waals surface area contributed by atoms with Crippen LogP contribution in [0, 0.1) is 5.82 Å². The van der Waals surface area contributed by atoms with Gasteiger partial charge in [-0.15, -0.1) is 0 Å². The molecule has 0 aliphatic heterocycles. The van der Waals surface area contributed by atoms with Crippen LogP contribution in [0.4, 0.5) is 4.39 Å². The van der Waals surface area contributed by atoms with E-state index in [0.29, 0.717) is 19.4 Å². The Morgan fingerprint density at radius 2 is 1.42 bits per heavy atom. The molecule has 3 aromatic rings. The van der Waals surface area contributed by atoms with Crippen LogP contribution in [0.15, 0.2) is 84.9 Å². The van der Waals surface area contributed by atoms with Crippen LogP contribution < -0.4 is 5.32 Å². The summed E-state index contributed by atoms with van der Waals surface area (Å²) in [6, 6.07) is 24.8. The predicted molar refractivity (Wildman–Crippen MR) is 119 cm³/mol. The second kappa shape index (κ2) is 11.1. The fraction of sp³-hybridized carbons (Fsp3) is 0.231. The molecule has 0 saturated heterocycles. The van der Waals surface area contributed by atoms with Crippen LogP contribution in [0.5, 0.6) is 0 Å². The monoisotopic (exact) mass is 418 g/mol. The molecule has 0 aliphatic rings. The summed E-state index contributed by atoms with van der Waals surface area (Å²) in [5.74, 6) is -0.672. The first-order valence-electron chi connectivity index (χ1n) is 10.4. The molecule has 0 heterocycles.